The van der Waals surface area contributed by atoms with E-state index < -0.39 is 0 Å². The first-order chi connectivity index (χ1) is 13.1. The summed E-state index contributed by atoms with van der Waals surface area (Å²) in [5, 5.41) is 0. The van der Waals surface area contributed by atoms with E-state index in [4.69, 9.17) is 0 Å². The van der Waals surface area contributed by atoms with Gasteiger partial charge < -0.3 is 0 Å². The Hall–Kier alpha value is -1.12. The SMILES string of the molecule is Cc1c(C)c2c(c3c1C1=C(CC(Br)C=C1)C3(C)C)C(C)(C)c1cc(Br)ccc1-2. The van der Waals surface area contributed by atoms with Crippen LogP contribution in [0.3, 0.4) is 0 Å². The van der Waals surface area contributed by atoms with Gasteiger partial charge in [0.15, 0.2) is 0 Å². The molecule has 3 aliphatic carbocycles. The average Bonchev–Trinajstić information content (AvgIpc) is 2.98. The van der Waals surface area contributed by atoms with Crippen molar-refractivity contribution >= 4 is 37.4 Å². The summed E-state index contributed by atoms with van der Waals surface area (Å²) in [6.45, 7) is 14.4. The van der Waals surface area contributed by atoms with E-state index in [-0.39, 0.29) is 10.8 Å². The lowest BCUT2D eigenvalue weighted by Crippen LogP contribution is -2.26. The Balaban J connectivity index is 1.92. The van der Waals surface area contributed by atoms with Crippen molar-refractivity contribution < 1.29 is 0 Å². The quantitative estimate of drug-likeness (QED) is 0.322. The van der Waals surface area contributed by atoms with E-state index in [0.29, 0.717) is 4.83 Å². The van der Waals surface area contributed by atoms with E-state index in [0.717, 1.165) is 6.42 Å². The van der Waals surface area contributed by atoms with E-state index in [2.05, 4.69) is 104 Å². The number of hydrogen-bond donors (Lipinski definition) is 0. The number of benzene rings is 2. The van der Waals surface area contributed by atoms with Crippen molar-refractivity contribution in [3.63, 3.8) is 0 Å². The minimum absolute atomic E-state index is 0.000389. The third-order valence-corrected chi connectivity index (χ3v) is 8.58. The highest BCUT2D eigenvalue weighted by Gasteiger charge is 2.48. The molecule has 0 nitrogen and oxygen atoms in total. The summed E-state index contributed by atoms with van der Waals surface area (Å²) in [6, 6.07) is 6.84. The van der Waals surface area contributed by atoms with Crippen molar-refractivity contribution in [3.8, 4) is 11.1 Å². The lowest BCUT2D eigenvalue weighted by molar-refractivity contribution is 0.574. The van der Waals surface area contributed by atoms with Gasteiger partial charge in [0.25, 0.3) is 0 Å². The molecule has 0 saturated carbocycles. The second-order valence-electron chi connectivity index (χ2n) is 9.66. The number of rotatable bonds is 0. The summed E-state index contributed by atoms with van der Waals surface area (Å²) in [4.78, 5) is 0.440. The maximum Gasteiger partial charge on any atom is 0.0366 e. The fourth-order valence-electron chi connectivity index (χ4n) is 5.96. The van der Waals surface area contributed by atoms with Crippen molar-refractivity contribution in [3.05, 3.63) is 73.8 Å². The normalized spacial score (nSPS) is 22.8. The second kappa shape index (κ2) is 5.73. The van der Waals surface area contributed by atoms with Gasteiger partial charge in [-0.15, -0.1) is 0 Å². The van der Waals surface area contributed by atoms with E-state index >= 15 is 0 Å². The highest BCUT2D eigenvalue weighted by molar-refractivity contribution is 9.10. The van der Waals surface area contributed by atoms with Crippen LogP contribution >= 0.6 is 31.9 Å². The van der Waals surface area contributed by atoms with Crippen molar-refractivity contribution in [2.45, 2.75) is 63.6 Å². The van der Waals surface area contributed by atoms with Gasteiger partial charge in [-0.3, -0.25) is 0 Å². The molecule has 5 rings (SSSR count). The zero-order chi connectivity index (χ0) is 20.2. The molecular formula is C26H26Br2. The smallest absolute Gasteiger partial charge is 0.0366 e. The molecule has 0 amide bonds. The first kappa shape index (κ1) is 18.9. The fourth-order valence-corrected chi connectivity index (χ4v) is 6.80. The number of alkyl halides is 1. The molecular weight excluding hydrogens is 472 g/mol. The van der Waals surface area contributed by atoms with Gasteiger partial charge in [0, 0.05) is 20.1 Å². The molecule has 3 aliphatic rings. The molecule has 28 heavy (non-hydrogen) atoms. The van der Waals surface area contributed by atoms with Gasteiger partial charge in [-0.2, -0.15) is 0 Å². The molecule has 0 bridgehead atoms. The molecule has 0 fully saturated rings. The monoisotopic (exact) mass is 496 g/mol. The third kappa shape index (κ3) is 2.17. The maximum atomic E-state index is 3.84. The Kier molecular flexibility index (Phi) is 3.86. The van der Waals surface area contributed by atoms with Gasteiger partial charge in [0.2, 0.25) is 0 Å². The second-order valence-corrected chi connectivity index (χ2v) is 11.8. The molecule has 0 radical (unpaired) electrons. The van der Waals surface area contributed by atoms with Crippen LogP contribution in [0, 0.1) is 13.8 Å². The Labute approximate surface area is 185 Å². The van der Waals surface area contributed by atoms with Gasteiger partial charge in [-0.25, -0.2) is 0 Å². The molecule has 2 aromatic carbocycles. The first-order valence-electron chi connectivity index (χ1n) is 10.1. The van der Waals surface area contributed by atoms with Gasteiger partial charge in [-0.1, -0.05) is 83.3 Å². The lowest BCUT2D eigenvalue weighted by atomic mass is 9.70. The van der Waals surface area contributed by atoms with Crippen LogP contribution in [0.1, 0.15) is 67.5 Å². The fraction of sp³-hybridized carbons (Fsp3) is 0.385. The van der Waals surface area contributed by atoms with Crippen LogP contribution in [0.2, 0.25) is 0 Å². The predicted octanol–water partition coefficient (Wildman–Crippen LogP) is 8.14. The molecule has 0 N–H and O–H groups in total. The molecule has 144 valence electrons. The summed E-state index contributed by atoms with van der Waals surface area (Å²) in [5.41, 5.74) is 15.0. The number of fused-ring (bicyclic) bond motifs is 6. The minimum atomic E-state index is 0.000389. The Morgan fingerprint density at radius 2 is 1.57 bits per heavy atom. The zero-order valence-corrected chi connectivity index (χ0v) is 20.6. The molecule has 0 aromatic heterocycles. The first-order valence-corrected chi connectivity index (χ1v) is 11.8. The highest BCUT2D eigenvalue weighted by Crippen LogP contribution is 2.61. The average molecular weight is 498 g/mol. The van der Waals surface area contributed by atoms with Gasteiger partial charge >= 0.3 is 0 Å². The molecule has 2 aromatic rings. The largest absolute Gasteiger partial charge is 0.0842 e. The van der Waals surface area contributed by atoms with E-state index in [1.807, 2.05) is 0 Å². The van der Waals surface area contributed by atoms with Crippen molar-refractivity contribution in [1.82, 2.24) is 0 Å². The minimum Gasteiger partial charge on any atom is -0.0842 e. The number of halogens is 2. The van der Waals surface area contributed by atoms with Gasteiger partial charge in [0.05, 0.1) is 0 Å². The maximum absolute atomic E-state index is 3.84. The molecule has 0 saturated heterocycles. The summed E-state index contributed by atoms with van der Waals surface area (Å²) < 4.78 is 1.17. The molecule has 0 spiro atoms. The Morgan fingerprint density at radius 3 is 2.29 bits per heavy atom. The molecule has 0 aliphatic heterocycles. The van der Waals surface area contributed by atoms with Crippen molar-refractivity contribution in [2.24, 2.45) is 0 Å². The van der Waals surface area contributed by atoms with Crippen LogP contribution in [-0.4, -0.2) is 4.83 Å². The summed E-state index contributed by atoms with van der Waals surface area (Å²) in [5.74, 6) is 0. The predicted molar refractivity (Wildman–Crippen MR) is 128 cm³/mol. The van der Waals surface area contributed by atoms with Crippen LogP contribution in [0.4, 0.5) is 0 Å². The van der Waals surface area contributed by atoms with Crippen molar-refractivity contribution in [2.75, 3.05) is 0 Å². The van der Waals surface area contributed by atoms with Crippen LogP contribution in [0.15, 0.2) is 40.4 Å². The molecule has 1 atom stereocenters. The Bertz CT molecular complexity index is 1130. The lowest BCUT2D eigenvalue weighted by Gasteiger charge is -2.33. The number of allylic oxidation sites excluding steroid dienone is 4. The van der Waals surface area contributed by atoms with Crippen LogP contribution in [0.25, 0.3) is 16.7 Å². The summed E-state index contributed by atoms with van der Waals surface area (Å²) in [7, 11) is 0. The summed E-state index contributed by atoms with van der Waals surface area (Å²) in [6.07, 6.45) is 5.79. The van der Waals surface area contributed by atoms with E-state index in [9.17, 15) is 0 Å². The van der Waals surface area contributed by atoms with Gasteiger partial charge in [-0.05, 0) is 82.5 Å². The molecule has 0 heterocycles. The summed E-state index contributed by atoms with van der Waals surface area (Å²) >= 11 is 7.56. The van der Waals surface area contributed by atoms with Crippen molar-refractivity contribution in [1.29, 1.82) is 0 Å². The van der Waals surface area contributed by atoms with Crippen LogP contribution in [-0.2, 0) is 10.8 Å². The van der Waals surface area contributed by atoms with Gasteiger partial charge in [0.1, 0.15) is 0 Å². The van der Waals surface area contributed by atoms with E-state index in [1.165, 1.54) is 43.4 Å². The molecule has 2 heteroatoms. The van der Waals surface area contributed by atoms with Crippen LogP contribution < -0.4 is 0 Å². The zero-order valence-electron chi connectivity index (χ0n) is 17.4. The third-order valence-electron chi connectivity index (χ3n) is 7.46. The number of hydrogen-bond acceptors (Lipinski definition) is 0. The molecule has 1 unspecified atom stereocenters. The standard InChI is InChI=1S/C26H26Br2/c1-13-14(2)22-18-10-8-16(28)12-20(18)26(5,6)24(22)23-21(13)17-9-7-15(27)11-19(17)25(23,3)4/h7-11,16H,12H2,1-6H3. The topological polar surface area (TPSA) is 0 Å². The highest BCUT2D eigenvalue weighted by atomic mass is 79.9. The van der Waals surface area contributed by atoms with Crippen LogP contribution in [0.5, 0.6) is 0 Å². The van der Waals surface area contributed by atoms with E-state index in [1.54, 1.807) is 16.7 Å². The Morgan fingerprint density at radius 1 is 0.929 bits per heavy atom.